The van der Waals surface area contributed by atoms with Gasteiger partial charge in [-0.25, -0.2) is 0 Å². The molecule has 0 aliphatic carbocycles. The maximum absolute atomic E-state index is 12.7. The Kier molecular flexibility index (Phi) is 12.1. The molecule has 0 bridgehead atoms. The smallest absolute Gasteiger partial charge is 0.507 e. The van der Waals surface area contributed by atoms with Gasteiger partial charge in [-0.3, -0.25) is 0 Å². The number of aromatic hydroxyl groups is 1. The average Bonchev–Trinajstić information content (AvgIpc) is 3.00. The molecular formula is C33H30F8O6. The van der Waals surface area contributed by atoms with Crippen LogP contribution in [0.4, 0.5) is 35.1 Å². The highest BCUT2D eigenvalue weighted by Gasteiger charge is 2.34. The molecule has 254 valence electrons. The normalized spacial score (nSPS) is 11.4. The second-order valence-corrected chi connectivity index (χ2v) is 9.57. The second kappa shape index (κ2) is 15.6. The lowest BCUT2D eigenvalue weighted by Gasteiger charge is -2.17. The zero-order chi connectivity index (χ0) is 34.9. The van der Waals surface area contributed by atoms with Gasteiger partial charge < -0.3 is 28.8 Å². The van der Waals surface area contributed by atoms with Crippen molar-refractivity contribution in [3.8, 4) is 56.8 Å². The van der Waals surface area contributed by atoms with E-state index < -0.39 is 42.3 Å². The molecule has 4 aromatic carbocycles. The van der Waals surface area contributed by atoms with Crippen LogP contribution in [-0.2, 0) is 12.8 Å². The molecule has 4 rings (SSSR count). The van der Waals surface area contributed by atoms with Crippen molar-refractivity contribution in [2.45, 2.75) is 46.0 Å². The SMILES string of the molecule is CCc1ccc(OC)c(-c2cc(CC)ccc2OC(F)F)c1.COc1c(OC(F)(F)F)ccc(O)c1-c1cccc(OC(F)(F)F)c1. The Morgan fingerprint density at radius 1 is 0.660 bits per heavy atom. The number of halogens is 8. The fraction of sp³-hybridized carbons (Fsp3) is 0.273. The third-order valence-electron chi connectivity index (χ3n) is 6.52. The number of rotatable bonds is 10. The number of hydrogen-bond acceptors (Lipinski definition) is 6. The van der Waals surface area contributed by atoms with Gasteiger partial charge in [-0.05, 0) is 78.1 Å². The van der Waals surface area contributed by atoms with Crippen molar-refractivity contribution in [2.24, 2.45) is 0 Å². The van der Waals surface area contributed by atoms with Crippen LogP contribution >= 0.6 is 0 Å². The van der Waals surface area contributed by atoms with E-state index in [4.69, 9.17) is 9.47 Å². The summed E-state index contributed by atoms with van der Waals surface area (Å²) < 4.78 is 122. The van der Waals surface area contributed by atoms with Gasteiger partial charge in [-0.2, -0.15) is 8.78 Å². The highest BCUT2D eigenvalue weighted by molar-refractivity contribution is 5.80. The molecule has 0 saturated heterocycles. The van der Waals surface area contributed by atoms with Crippen molar-refractivity contribution >= 4 is 0 Å². The Morgan fingerprint density at radius 3 is 1.72 bits per heavy atom. The van der Waals surface area contributed by atoms with Gasteiger partial charge in [0.1, 0.15) is 23.0 Å². The number of phenols is 1. The molecule has 0 unspecified atom stereocenters. The van der Waals surface area contributed by atoms with Crippen LogP contribution in [0, 0.1) is 0 Å². The summed E-state index contributed by atoms with van der Waals surface area (Å²) in [6.45, 7) is 1.21. The lowest BCUT2D eigenvalue weighted by atomic mass is 9.97. The molecule has 0 heterocycles. The predicted molar refractivity (Wildman–Crippen MR) is 157 cm³/mol. The molecule has 0 amide bonds. The van der Waals surface area contributed by atoms with Crippen molar-refractivity contribution in [3.05, 3.63) is 83.9 Å². The standard InChI is InChI=1S/C18H20F2O2.C15H10F6O4/c1-4-12-6-8-16(21-3)14(10-12)15-11-13(5-2)7-9-17(15)22-18(19)20;1-23-13-11(25-15(19,20)21)6-5-10(22)12(13)8-3-2-4-9(7-8)24-14(16,17)18/h6-11,18H,4-5H2,1-3H3;2-7,22H,1H3. The highest BCUT2D eigenvalue weighted by atomic mass is 19.4. The number of alkyl halides is 8. The molecule has 0 atom stereocenters. The zero-order valence-corrected chi connectivity index (χ0v) is 25.4. The summed E-state index contributed by atoms with van der Waals surface area (Å²) in [5, 5.41) is 9.94. The summed E-state index contributed by atoms with van der Waals surface area (Å²) in [5.74, 6) is -1.58. The molecule has 47 heavy (non-hydrogen) atoms. The van der Waals surface area contributed by atoms with Crippen LogP contribution in [0.1, 0.15) is 25.0 Å². The number of methoxy groups -OCH3 is 2. The highest BCUT2D eigenvalue weighted by Crippen LogP contribution is 2.46. The second-order valence-electron chi connectivity index (χ2n) is 9.57. The number of benzene rings is 4. The first-order valence-corrected chi connectivity index (χ1v) is 13.9. The molecule has 0 fully saturated rings. The van der Waals surface area contributed by atoms with Crippen LogP contribution < -0.4 is 23.7 Å². The Bertz CT molecular complexity index is 1640. The van der Waals surface area contributed by atoms with E-state index in [0.717, 1.165) is 60.9 Å². The van der Waals surface area contributed by atoms with Crippen LogP contribution in [0.5, 0.6) is 34.5 Å². The summed E-state index contributed by atoms with van der Waals surface area (Å²) in [4.78, 5) is 0. The molecule has 1 N–H and O–H groups in total. The van der Waals surface area contributed by atoms with Crippen molar-refractivity contribution in [2.75, 3.05) is 14.2 Å². The first kappa shape index (κ1) is 36.6. The Balaban J connectivity index is 0.000000257. The van der Waals surface area contributed by atoms with Crippen LogP contribution in [0.25, 0.3) is 22.3 Å². The van der Waals surface area contributed by atoms with E-state index >= 15 is 0 Å². The Morgan fingerprint density at radius 2 is 1.21 bits per heavy atom. The fourth-order valence-corrected chi connectivity index (χ4v) is 4.48. The van der Waals surface area contributed by atoms with E-state index in [-0.39, 0.29) is 16.9 Å². The van der Waals surface area contributed by atoms with Gasteiger partial charge in [-0.1, -0.05) is 38.1 Å². The van der Waals surface area contributed by atoms with E-state index in [1.54, 1.807) is 19.2 Å². The summed E-state index contributed by atoms with van der Waals surface area (Å²) in [5.41, 5.74) is 3.22. The topological polar surface area (TPSA) is 66.4 Å². The maximum atomic E-state index is 12.7. The zero-order valence-electron chi connectivity index (χ0n) is 25.4. The molecule has 0 aliphatic rings. The van der Waals surface area contributed by atoms with Gasteiger partial charge in [-0.15, -0.1) is 26.3 Å². The summed E-state index contributed by atoms with van der Waals surface area (Å²) in [6.07, 6.45) is -8.30. The van der Waals surface area contributed by atoms with Crippen molar-refractivity contribution in [3.63, 3.8) is 0 Å². The minimum absolute atomic E-state index is 0.0660. The number of aryl methyl sites for hydroxylation is 2. The number of phenolic OH excluding ortho intramolecular Hbond substituents is 1. The maximum Gasteiger partial charge on any atom is 0.573 e. The monoisotopic (exact) mass is 674 g/mol. The van der Waals surface area contributed by atoms with E-state index in [1.807, 2.05) is 38.1 Å². The van der Waals surface area contributed by atoms with Crippen LogP contribution in [0.2, 0.25) is 0 Å². The van der Waals surface area contributed by atoms with Gasteiger partial charge >= 0.3 is 19.3 Å². The van der Waals surface area contributed by atoms with Gasteiger partial charge in [0.05, 0.1) is 19.8 Å². The van der Waals surface area contributed by atoms with Crippen molar-refractivity contribution in [1.29, 1.82) is 0 Å². The van der Waals surface area contributed by atoms with E-state index in [2.05, 4.69) is 14.2 Å². The van der Waals surface area contributed by atoms with Crippen LogP contribution in [0.3, 0.4) is 0 Å². The first-order chi connectivity index (χ1) is 22.1. The number of ether oxygens (including phenoxy) is 5. The quantitative estimate of drug-likeness (QED) is 0.169. The van der Waals surface area contributed by atoms with Crippen molar-refractivity contribution in [1.82, 2.24) is 0 Å². The Labute approximate surface area is 265 Å². The van der Waals surface area contributed by atoms with E-state index in [0.29, 0.717) is 11.3 Å². The third kappa shape index (κ3) is 10.3. The molecule has 6 nitrogen and oxygen atoms in total. The first-order valence-electron chi connectivity index (χ1n) is 13.9. The summed E-state index contributed by atoms with van der Waals surface area (Å²) >= 11 is 0. The van der Waals surface area contributed by atoms with Crippen molar-refractivity contribution < 1.29 is 63.9 Å². The average molecular weight is 675 g/mol. The Hall–Kier alpha value is -4.88. The fourth-order valence-electron chi connectivity index (χ4n) is 4.48. The predicted octanol–water partition coefficient (Wildman–Crippen LogP) is 9.95. The molecule has 14 heteroatoms. The molecule has 0 saturated carbocycles. The summed E-state index contributed by atoms with van der Waals surface area (Å²) in [6, 6.07) is 17.1. The minimum atomic E-state index is -5.03. The lowest BCUT2D eigenvalue weighted by molar-refractivity contribution is -0.275. The summed E-state index contributed by atoms with van der Waals surface area (Å²) in [7, 11) is 2.60. The minimum Gasteiger partial charge on any atom is -0.507 e. The molecule has 4 aromatic rings. The van der Waals surface area contributed by atoms with E-state index in [1.165, 1.54) is 12.1 Å². The van der Waals surface area contributed by atoms with Crippen LogP contribution in [-0.4, -0.2) is 38.7 Å². The molecular weight excluding hydrogens is 644 g/mol. The molecule has 0 aromatic heterocycles. The largest absolute Gasteiger partial charge is 0.573 e. The van der Waals surface area contributed by atoms with Gasteiger partial charge in [0.25, 0.3) is 0 Å². The lowest BCUT2D eigenvalue weighted by Crippen LogP contribution is -2.18. The third-order valence-corrected chi connectivity index (χ3v) is 6.52. The van der Waals surface area contributed by atoms with Crippen LogP contribution in [0.15, 0.2) is 72.8 Å². The van der Waals surface area contributed by atoms with E-state index in [9.17, 15) is 40.2 Å². The molecule has 0 spiro atoms. The van der Waals surface area contributed by atoms with Gasteiger partial charge in [0, 0.05) is 11.1 Å². The molecule has 0 radical (unpaired) electrons. The van der Waals surface area contributed by atoms with Gasteiger partial charge in [0.2, 0.25) is 0 Å². The number of hydrogen-bond donors (Lipinski definition) is 1. The molecule has 0 aliphatic heterocycles. The van der Waals surface area contributed by atoms with Gasteiger partial charge in [0.15, 0.2) is 11.5 Å².